The van der Waals surface area contributed by atoms with E-state index < -0.39 is 18.1 Å². The summed E-state index contributed by atoms with van der Waals surface area (Å²) in [5, 5.41) is 9.58. The molecule has 5 heteroatoms. The van der Waals surface area contributed by atoms with Gasteiger partial charge in [-0.2, -0.15) is 0 Å². The summed E-state index contributed by atoms with van der Waals surface area (Å²) in [6.45, 7) is 3.85. The molecule has 0 radical (unpaired) electrons. The Morgan fingerprint density at radius 2 is 1.48 bits per heavy atom. The van der Waals surface area contributed by atoms with Crippen LogP contribution < -0.4 is 0 Å². The molecule has 2 aromatic rings. The minimum absolute atomic E-state index is 0.107. The maximum atomic E-state index is 12.6. The molecule has 0 aliphatic carbocycles. The molecule has 1 N–H and O–H groups in total. The number of carboxylic acids is 1. The van der Waals surface area contributed by atoms with Gasteiger partial charge in [-0.3, -0.25) is 4.90 Å². The van der Waals surface area contributed by atoms with Gasteiger partial charge in [-0.15, -0.1) is 0 Å². The number of hydrogen-bond acceptors (Lipinski definition) is 3. The summed E-state index contributed by atoms with van der Waals surface area (Å²) in [5.41, 5.74) is 1.71. The SMILES string of the molecule is CC(C)C(C(=O)O)N(Cc1ccccc1)C(=O)OCc1ccccc1. The van der Waals surface area contributed by atoms with Crippen LogP contribution in [0.15, 0.2) is 60.7 Å². The molecule has 0 aliphatic heterocycles. The average Bonchev–Trinajstić information content (AvgIpc) is 2.60. The number of rotatable bonds is 7. The Hall–Kier alpha value is -2.82. The monoisotopic (exact) mass is 341 g/mol. The number of hydrogen-bond donors (Lipinski definition) is 1. The van der Waals surface area contributed by atoms with Crippen molar-refractivity contribution in [3.8, 4) is 0 Å². The highest BCUT2D eigenvalue weighted by atomic mass is 16.6. The summed E-state index contributed by atoms with van der Waals surface area (Å²) in [6.07, 6.45) is -0.631. The second-order valence-corrected chi connectivity index (χ2v) is 6.18. The lowest BCUT2D eigenvalue weighted by Crippen LogP contribution is -2.47. The predicted molar refractivity (Wildman–Crippen MR) is 94.9 cm³/mol. The van der Waals surface area contributed by atoms with Gasteiger partial charge in [0, 0.05) is 6.54 Å². The molecule has 0 saturated heterocycles. The fraction of sp³-hybridized carbons (Fsp3) is 0.300. The molecule has 132 valence electrons. The van der Waals surface area contributed by atoms with E-state index >= 15 is 0 Å². The van der Waals surface area contributed by atoms with Crippen molar-refractivity contribution in [2.75, 3.05) is 0 Å². The van der Waals surface area contributed by atoms with E-state index in [0.717, 1.165) is 11.1 Å². The lowest BCUT2D eigenvalue weighted by atomic mass is 10.0. The lowest BCUT2D eigenvalue weighted by molar-refractivity contribution is -0.144. The third kappa shape index (κ3) is 5.35. The molecule has 25 heavy (non-hydrogen) atoms. The minimum atomic E-state index is -1.04. The van der Waals surface area contributed by atoms with Crippen molar-refractivity contribution in [1.82, 2.24) is 4.90 Å². The number of benzene rings is 2. The zero-order valence-electron chi connectivity index (χ0n) is 14.5. The molecule has 2 aromatic carbocycles. The van der Waals surface area contributed by atoms with Crippen LogP contribution in [0, 0.1) is 5.92 Å². The van der Waals surface area contributed by atoms with Gasteiger partial charge in [0.1, 0.15) is 12.6 Å². The Morgan fingerprint density at radius 1 is 0.960 bits per heavy atom. The summed E-state index contributed by atoms with van der Waals surface area (Å²) in [4.78, 5) is 25.6. The van der Waals surface area contributed by atoms with Crippen LogP contribution in [-0.2, 0) is 22.7 Å². The summed E-state index contributed by atoms with van der Waals surface area (Å²) < 4.78 is 5.37. The zero-order chi connectivity index (χ0) is 18.2. The van der Waals surface area contributed by atoms with Gasteiger partial charge in [0.15, 0.2) is 0 Å². The molecule has 0 fully saturated rings. The topological polar surface area (TPSA) is 66.8 Å². The van der Waals surface area contributed by atoms with E-state index in [1.54, 1.807) is 13.8 Å². The van der Waals surface area contributed by atoms with Crippen molar-refractivity contribution < 1.29 is 19.4 Å². The number of carbonyl (C=O) groups excluding carboxylic acids is 1. The highest BCUT2D eigenvalue weighted by molar-refractivity contribution is 5.80. The molecule has 0 aromatic heterocycles. The second kappa shape index (κ2) is 8.87. The van der Waals surface area contributed by atoms with Crippen LogP contribution in [0.5, 0.6) is 0 Å². The Kier molecular flexibility index (Phi) is 6.57. The van der Waals surface area contributed by atoms with E-state index in [1.165, 1.54) is 4.90 Å². The molecular formula is C20H23NO4. The number of carbonyl (C=O) groups is 2. The van der Waals surface area contributed by atoms with Crippen LogP contribution in [0.2, 0.25) is 0 Å². The second-order valence-electron chi connectivity index (χ2n) is 6.18. The molecule has 2 rings (SSSR count). The van der Waals surface area contributed by atoms with Crippen LogP contribution in [0.3, 0.4) is 0 Å². The number of ether oxygens (including phenoxy) is 1. The zero-order valence-corrected chi connectivity index (χ0v) is 14.5. The third-order valence-corrected chi connectivity index (χ3v) is 3.86. The largest absolute Gasteiger partial charge is 0.480 e. The number of aliphatic carboxylic acids is 1. The van der Waals surface area contributed by atoms with Crippen molar-refractivity contribution in [3.05, 3.63) is 71.8 Å². The van der Waals surface area contributed by atoms with Crippen molar-refractivity contribution in [1.29, 1.82) is 0 Å². The van der Waals surface area contributed by atoms with Gasteiger partial charge in [0.2, 0.25) is 0 Å². The summed E-state index contributed by atoms with van der Waals surface area (Å²) in [6, 6.07) is 17.7. The molecule has 5 nitrogen and oxygen atoms in total. The third-order valence-electron chi connectivity index (χ3n) is 3.86. The van der Waals surface area contributed by atoms with Crippen molar-refractivity contribution in [3.63, 3.8) is 0 Å². The van der Waals surface area contributed by atoms with Crippen LogP contribution in [0.25, 0.3) is 0 Å². The van der Waals surface area contributed by atoms with Gasteiger partial charge in [0.05, 0.1) is 0 Å². The van der Waals surface area contributed by atoms with Gasteiger partial charge in [-0.25, -0.2) is 9.59 Å². The fourth-order valence-corrected chi connectivity index (χ4v) is 2.64. The van der Waals surface area contributed by atoms with Crippen LogP contribution in [-0.4, -0.2) is 28.1 Å². The number of nitrogens with zero attached hydrogens (tertiary/aromatic N) is 1. The Balaban J connectivity index is 2.17. The first-order valence-electron chi connectivity index (χ1n) is 8.23. The molecule has 0 aliphatic rings. The van der Waals surface area contributed by atoms with Crippen molar-refractivity contribution in [2.24, 2.45) is 5.92 Å². The Bertz CT molecular complexity index is 685. The molecule has 1 atom stereocenters. The van der Waals surface area contributed by atoms with Crippen LogP contribution >= 0.6 is 0 Å². The smallest absolute Gasteiger partial charge is 0.411 e. The summed E-state index contributed by atoms with van der Waals surface area (Å²) in [7, 11) is 0. The fourth-order valence-electron chi connectivity index (χ4n) is 2.64. The average molecular weight is 341 g/mol. The van der Waals surface area contributed by atoms with Gasteiger partial charge >= 0.3 is 12.1 Å². The molecule has 0 spiro atoms. The normalized spacial score (nSPS) is 11.8. The van der Waals surface area contributed by atoms with Crippen LogP contribution in [0.1, 0.15) is 25.0 Å². The first kappa shape index (κ1) is 18.5. The van der Waals surface area contributed by atoms with Gasteiger partial charge < -0.3 is 9.84 Å². The molecule has 1 amide bonds. The highest BCUT2D eigenvalue weighted by Gasteiger charge is 2.33. The highest BCUT2D eigenvalue weighted by Crippen LogP contribution is 2.17. The summed E-state index contributed by atoms with van der Waals surface area (Å²) in [5.74, 6) is -1.28. The molecule has 0 bridgehead atoms. The van der Waals surface area contributed by atoms with E-state index in [4.69, 9.17) is 4.74 Å². The first-order valence-corrected chi connectivity index (χ1v) is 8.23. The van der Waals surface area contributed by atoms with Crippen molar-refractivity contribution >= 4 is 12.1 Å². The molecule has 1 unspecified atom stereocenters. The Labute approximate surface area is 147 Å². The standard InChI is InChI=1S/C20H23NO4/c1-15(2)18(19(22)23)21(13-16-9-5-3-6-10-16)20(24)25-14-17-11-7-4-8-12-17/h3-12,15,18H,13-14H2,1-2H3,(H,22,23). The number of carboxylic acid groups (broad SMARTS) is 1. The van der Waals surface area contributed by atoms with Gasteiger partial charge in [-0.1, -0.05) is 74.5 Å². The van der Waals surface area contributed by atoms with E-state index in [1.807, 2.05) is 60.7 Å². The predicted octanol–water partition coefficient (Wildman–Crippen LogP) is 3.93. The lowest BCUT2D eigenvalue weighted by Gasteiger charge is -2.30. The van der Waals surface area contributed by atoms with Gasteiger partial charge in [0.25, 0.3) is 0 Å². The maximum absolute atomic E-state index is 12.6. The Morgan fingerprint density at radius 3 is 1.96 bits per heavy atom. The van der Waals surface area contributed by atoms with Crippen molar-refractivity contribution in [2.45, 2.75) is 33.0 Å². The maximum Gasteiger partial charge on any atom is 0.411 e. The molecular weight excluding hydrogens is 318 g/mol. The molecule has 0 heterocycles. The summed E-state index contributed by atoms with van der Waals surface area (Å²) >= 11 is 0. The van der Waals surface area contributed by atoms with E-state index in [-0.39, 0.29) is 19.1 Å². The minimum Gasteiger partial charge on any atom is -0.480 e. The van der Waals surface area contributed by atoms with Gasteiger partial charge in [-0.05, 0) is 17.0 Å². The quantitative estimate of drug-likeness (QED) is 0.828. The number of amides is 1. The molecule has 0 saturated carbocycles. The van der Waals surface area contributed by atoms with E-state index in [2.05, 4.69) is 0 Å². The van der Waals surface area contributed by atoms with E-state index in [0.29, 0.717) is 0 Å². The van der Waals surface area contributed by atoms with E-state index in [9.17, 15) is 14.7 Å². The van der Waals surface area contributed by atoms with Crippen LogP contribution in [0.4, 0.5) is 4.79 Å². The first-order chi connectivity index (χ1) is 12.0.